The Morgan fingerprint density at radius 2 is 1.85 bits per heavy atom. The maximum atomic E-state index is 9.51. The zero-order valence-corrected chi connectivity index (χ0v) is 11.9. The highest BCUT2D eigenvalue weighted by Crippen LogP contribution is 2.11. The van der Waals surface area contributed by atoms with Crippen molar-refractivity contribution in [1.29, 1.82) is 0 Å². The SMILES string of the molecule is OC1CCN(Cn2nnn(-c3ccccc3)c2=S)CC1. The summed E-state index contributed by atoms with van der Waals surface area (Å²) in [6, 6.07) is 9.75. The van der Waals surface area contributed by atoms with Gasteiger partial charge in [-0.3, -0.25) is 4.90 Å². The van der Waals surface area contributed by atoms with Crippen LogP contribution in [0, 0.1) is 4.77 Å². The molecule has 0 bridgehead atoms. The number of para-hydroxylation sites is 1. The first-order chi connectivity index (χ1) is 9.74. The van der Waals surface area contributed by atoms with Crippen LogP contribution in [-0.4, -0.2) is 49.0 Å². The smallest absolute Gasteiger partial charge is 0.221 e. The predicted molar refractivity (Wildman–Crippen MR) is 77.0 cm³/mol. The molecule has 0 radical (unpaired) electrons. The van der Waals surface area contributed by atoms with Gasteiger partial charge in [-0.05, 0) is 47.6 Å². The van der Waals surface area contributed by atoms with Gasteiger partial charge >= 0.3 is 0 Å². The summed E-state index contributed by atoms with van der Waals surface area (Å²) in [4.78, 5) is 2.23. The van der Waals surface area contributed by atoms with Crippen LogP contribution in [0.15, 0.2) is 30.3 Å². The summed E-state index contributed by atoms with van der Waals surface area (Å²) in [5.74, 6) is 0. The van der Waals surface area contributed by atoms with E-state index in [4.69, 9.17) is 12.2 Å². The van der Waals surface area contributed by atoms with Crippen molar-refractivity contribution in [1.82, 2.24) is 24.7 Å². The first kappa shape index (κ1) is 13.4. The minimum atomic E-state index is -0.167. The normalized spacial score (nSPS) is 17.4. The predicted octanol–water partition coefficient (Wildman–Crippen LogP) is 1.21. The number of aliphatic hydroxyl groups is 1. The third kappa shape index (κ3) is 2.79. The van der Waals surface area contributed by atoms with Crippen LogP contribution in [0.5, 0.6) is 0 Å². The number of nitrogens with zero attached hydrogens (tertiary/aromatic N) is 5. The van der Waals surface area contributed by atoms with Gasteiger partial charge in [-0.15, -0.1) is 0 Å². The van der Waals surface area contributed by atoms with E-state index in [1.54, 1.807) is 9.36 Å². The molecule has 20 heavy (non-hydrogen) atoms. The van der Waals surface area contributed by atoms with Crippen LogP contribution in [-0.2, 0) is 6.67 Å². The molecular formula is C13H17N5OS. The lowest BCUT2D eigenvalue weighted by molar-refractivity contribution is 0.0647. The van der Waals surface area contributed by atoms with Gasteiger partial charge in [-0.1, -0.05) is 18.2 Å². The molecule has 1 aromatic carbocycles. The van der Waals surface area contributed by atoms with Crippen LogP contribution >= 0.6 is 12.2 Å². The molecule has 1 N–H and O–H groups in total. The fourth-order valence-corrected chi connectivity index (χ4v) is 2.58. The molecule has 6 nitrogen and oxygen atoms in total. The van der Waals surface area contributed by atoms with Crippen LogP contribution in [0.3, 0.4) is 0 Å². The van der Waals surface area contributed by atoms with Gasteiger partial charge < -0.3 is 5.11 Å². The largest absolute Gasteiger partial charge is 0.393 e. The van der Waals surface area contributed by atoms with E-state index in [2.05, 4.69) is 15.3 Å². The number of aromatic nitrogens is 4. The van der Waals surface area contributed by atoms with Crippen LogP contribution in [0.2, 0.25) is 0 Å². The van der Waals surface area contributed by atoms with Crippen molar-refractivity contribution < 1.29 is 5.11 Å². The molecule has 0 saturated carbocycles. The van der Waals surface area contributed by atoms with Gasteiger partial charge in [0.05, 0.1) is 18.5 Å². The summed E-state index contributed by atoms with van der Waals surface area (Å²) in [6.45, 7) is 2.35. The van der Waals surface area contributed by atoms with E-state index in [1.807, 2.05) is 30.3 Å². The van der Waals surface area contributed by atoms with Crippen molar-refractivity contribution in [2.45, 2.75) is 25.6 Å². The Morgan fingerprint density at radius 3 is 2.55 bits per heavy atom. The zero-order chi connectivity index (χ0) is 13.9. The van der Waals surface area contributed by atoms with Crippen molar-refractivity contribution >= 4 is 12.2 Å². The molecule has 1 aliphatic heterocycles. The summed E-state index contributed by atoms with van der Waals surface area (Å²) >= 11 is 5.42. The number of rotatable bonds is 3. The second-order valence-corrected chi connectivity index (χ2v) is 5.36. The van der Waals surface area contributed by atoms with Crippen LogP contribution < -0.4 is 0 Å². The summed E-state index contributed by atoms with van der Waals surface area (Å²) in [6.07, 6.45) is 1.44. The average Bonchev–Trinajstić information content (AvgIpc) is 2.84. The molecule has 106 valence electrons. The van der Waals surface area contributed by atoms with Gasteiger partial charge in [0.2, 0.25) is 4.77 Å². The minimum absolute atomic E-state index is 0.167. The van der Waals surface area contributed by atoms with Gasteiger partial charge in [0.1, 0.15) is 0 Å². The van der Waals surface area contributed by atoms with Crippen molar-refractivity contribution in [3.05, 3.63) is 35.1 Å². The fourth-order valence-electron chi connectivity index (χ4n) is 2.34. The van der Waals surface area contributed by atoms with Crippen LogP contribution in [0.25, 0.3) is 5.69 Å². The molecule has 2 heterocycles. The van der Waals surface area contributed by atoms with Gasteiger partial charge in [0, 0.05) is 13.1 Å². The number of tetrazole rings is 1. The number of hydrogen-bond acceptors (Lipinski definition) is 5. The lowest BCUT2D eigenvalue weighted by atomic mass is 10.1. The number of piperidine rings is 1. The maximum Gasteiger partial charge on any atom is 0.221 e. The van der Waals surface area contributed by atoms with E-state index in [1.165, 1.54) is 0 Å². The van der Waals surface area contributed by atoms with Crippen molar-refractivity contribution in [3.63, 3.8) is 0 Å². The van der Waals surface area contributed by atoms with Crippen molar-refractivity contribution in [3.8, 4) is 5.69 Å². The Bertz CT molecular complexity index is 615. The lowest BCUT2D eigenvalue weighted by Crippen LogP contribution is -2.37. The summed E-state index contributed by atoms with van der Waals surface area (Å²) in [7, 11) is 0. The van der Waals surface area contributed by atoms with Gasteiger partial charge in [0.25, 0.3) is 0 Å². The molecule has 0 spiro atoms. The summed E-state index contributed by atoms with van der Waals surface area (Å²) < 4.78 is 3.97. The Balaban J connectivity index is 1.76. The highest BCUT2D eigenvalue weighted by atomic mass is 32.1. The molecule has 1 fully saturated rings. The van der Waals surface area contributed by atoms with Crippen molar-refractivity contribution in [2.75, 3.05) is 13.1 Å². The molecule has 3 rings (SSSR count). The Hall–Kier alpha value is -1.57. The maximum absolute atomic E-state index is 9.51. The number of aliphatic hydroxyl groups excluding tert-OH is 1. The third-order valence-corrected chi connectivity index (χ3v) is 3.91. The van der Waals surface area contributed by atoms with E-state index in [9.17, 15) is 5.11 Å². The van der Waals surface area contributed by atoms with Gasteiger partial charge in [-0.2, -0.15) is 4.68 Å². The first-order valence-electron chi connectivity index (χ1n) is 6.73. The topological polar surface area (TPSA) is 59.1 Å². The lowest BCUT2D eigenvalue weighted by Gasteiger charge is -2.28. The second-order valence-electron chi connectivity index (χ2n) is 5.00. The second kappa shape index (κ2) is 5.82. The Morgan fingerprint density at radius 1 is 1.15 bits per heavy atom. The fraction of sp³-hybridized carbons (Fsp3) is 0.462. The minimum Gasteiger partial charge on any atom is -0.393 e. The quantitative estimate of drug-likeness (QED) is 0.862. The first-order valence-corrected chi connectivity index (χ1v) is 7.13. The number of hydrogen-bond donors (Lipinski definition) is 1. The van der Waals surface area contributed by atoms with E-state index in [-0.39, 0.29) is 6.10 Å². The third-order valence-electron chi connectivity index (χ3n) is 3.53. The molecular weight excluding hydrogens is 274 g/mol. The van der Waals surface area contributed by atoms with E-state index >= 15 is 0 Å². The van der Waals surface area contributed by atoms with Crippen LogP contribution in [0.1, 0.15) is 12.8 Å². The number of likely N-dealkylation sites (tertiary alicyclic amines) is 1. The monoisotopic (exact) mass is 291 g/mol. The van der Waals surface area contributed by atoms with Crippen LogP contribution in [0.4, 0.5) is 0 Å². The molecule has 1 aliphatic rings. The standard InChI is InChI=1S/C13H17N5OS/c19-12-6-8-16(9-7-12)10-17-13(20)18(15-14-17)11-4-2-1-3-5-11/h1-5,12,19H,6-10H2. The van der Waals surface area contributed by atoms with Gasteiger partial charge in [0.15, 0.2) is 0 Å². The summed E-state index contributed by atoms with van der Waals surface area (Å²) in [5, 5.41) is 17.8. The van der Waals surface area contributed by atoms with E-state index in [0.29, 0.717) is 11.4 Å². The zero-order valence-electron chi connectivity index (χ0n) is 11.1. The molecule has 1 aromatic heterocycles. The Labute approximate surface area is 122 Å². The average molecular weight is 291 g/mol. The highest BCUT2D eigenvalue weighted by Gasteiger charge is 2.18. The molecule has 2 aromatic rings. The molecule has 0 atom stereocenters. The summed E-state index contributed by atoms with van der Waals surface area (Å²) in [5.41, 5.74) is 0.915. The van der Waals surface area contributed by atoms with E-state index in [0.717, 1.165) is 31.6 Å². The molecule has 7 heteroatoms. The molecule has 1 saturated heterocycles. The number of benzene rings is 1. The molecule has 0 aliphatic carbocycles. The van der Waals surface area contributed by atoms with E-state index < -0.39 is 0 Å². The molecule has 0 amide bonds. The molecule has 0 unspecified atom stereocenters. The highest BCUT2D eigenvalue weighted by molar-refractivity contribution is 7.71. The Kier molecular flexibility index (Phi) is 3.90. The van der Waals surface area contributed by atoms with Crippen molar-refractivity contribution in [2.24, 2.45) is 0 Å². The van der Waals surface area contributed by atoms with Gasteiger partial charge in [-0.25, -0.2) is 4.68 Å².